The van der Waals surface area contributed by atoms with E-state index in [1.54, 1.807) is 42.5 Å². The molecule has 3 rings (SSSR count). The van der Waals surface area contributed by atoms with Gasteiger partial charge in [-0.15, -0.1) is 0 Å². The molecule has 0 bridgehead atoms. The second-order valence-corrected chi connectivity index (χ2v) is 9.43. The number of carbonyl (C=O) groups is 2. The summed E-state index contributed by atoms with van der Waals surface area (Å²) in [6.45, 7) is 1.72. The van der Waals surface area contributed by atoms with Crippen LogP contribution in [0.5, 0.6) is 5.75 Å². The molecule has 8 heteroatoms. The highest BCUT2D eigenvalue weighted by Crippen LogP contribution is 2.28. The molecule has 2 amide bonds. The summed E-state index contributed by atoms with van der Waals surface area (Å²) < 4.78 is 5.68. The predicted molar refractivity (Wildman–Crippen MR) is 133 cm³/mol. The van der Waals surface area contributed by atoms with E-state index < -0.39 is 6.04 Å². The van der Waals surface area contributed by atoms with Gasteiger partial charge in [-0.05, 0) is 43.5 Å². The lowest BCUT2D eigenvalue weighted by molar-refractivity contribution is -0.143. The number of hydrogen-bond acceptors (Lipinski definition) is 3. The number of rotatable bonds is 9. The third-order valence-corrected chi connectivity index (χ3v) is 6.94. The molecule has 178 valence electrons. The number of nitrogens with one attached hydrogen (secondary N) is 1. The van der Waals surface area contributed by atoms with Gasteiger partial charge in [-0.25, -0.2) is 0 Å². The molecule has 1 atom stereocenters. The first-order valence-electron chi connectivity index (χ1n) is 11.3. The number of amides is 2. The van der Waals surface area contributed by atoms with Crippen LogP contribution < -0.4 is 10.1 Å². The number of hydrogen-bond donors (Lipinski definition) is 1. The second-order valence-electron chi connectivity index (χ2n) is 8.21. The van der Waals surface area contributed by atoms with Gasteiger partial charge in [0.1, 0.15) is 11.8 Å². The van der Waals surface area contributed by atoms with Crippen LogP contribution in [0.15, 0.2) is 42.5 Å². The summed E-state index contributed by atoms with van der Waals surface area (Å²) in [5.41, 5.74) is 0.593. The van der Waals surface area contributed by atoms with Crippen LogP contribution in [0.2, 0.25) is 15.1 Å². The predicted octanol–water partition coefficient (Wildman–Crippen LogP) is 6.28. The zero-order valence-corrected chi connectivity index (χ0v) is 20.9. The Morgan fingerprint density at radius 2 is 1.64 bits per heavy atom. The van der Waals surface area contributed by atoms with Crippen molar-refractivity contribution in [2.45, 2.75) is 64.1 Å². The van der Waals surface area contributed by atoms with Crippen LogP contribution in [-0.4, -0.2) is 35.4 Å². The molecule has 33 heavy (non-hydrogen) atoms. The molecule has 2 aromatic rings. The van der Waals surface area contributed by atoms with E-state index in [1.165, 1.54) is 11.3 Å². The van der Waals surface area contributed by atoms with Crippen molar-refractivity contribution in [1.29, 1.82) is 0 Å². The highest BCUT2D eigenvalue weighted by molar-refractivity contribution is 6.36. The largest absolute Gasteiger partial charge is 0.482 e. The lowest BCUT2D eigenvalue weighted by Gasteiger charge is -2.33. The summed E-state index contributed by atoms with van der Waals surface area (Å²) in [5.74, 6) is -0.113. The Balaban J connectivity index is 1.81. The normalized spacial score (nSPS) is 15.0. The summed E-state index contributed by atoms with van der Waals surface area (Å²) in [7, 11) is 0. The third kappa shape index (κ3) is 7.02. The van der Waals surface area contributed by atoms with Crippen molar-refractivity contribution in [3.05, 3.63) is 63.1 Å². The molecule has 0 radical (unpaired) electrons. The van der Waals surface area contributed by atoms with Crippen molar-refractivity contribution in [2.24, 2.45) is 0 Å². The average Bonchev–Trinajstić information content (AvgIpc) is 2.80. The average molecular weight is 512 g/mol. The summed E-state index contributed by atoms with van der Waals surface area (Å²) in [6.07, 6.45) is 5.76. The van der Waals surface area contributed by atoms with Crippen molar-refractivity contribution in [2.75, 3.05) is 6.61 Å². The second kappa shape index (κ2) is 12.5. The smallest absolute Gasteiger partial charge is 0.261 e. The minimum Gasteiger partial charge on any atom is -0.482 e. The summed E-state index contributed by atoms with van der Waals surface area (Å²) in [5, 5.41) is 4.43. The molecule has 5 nitrogen and oxygen atoms in total. The first-order chi connectivity index (χ1) is 15.9. The van der Waals surface area contributed by atoms with E-state index in [9.17, 15) is 9.59 Å². The number of benzene rings is 2. The van der Waals surface area contributed by atoms with Gasteiger partial charge in [0.25, 0.3) is 5.91 Å². The Bertz CT molecular complexity index is 943. The van der Waals surface area contributed by atoms with Gasteiger partial charge in [0.15, 0.2) is 6.61 Å². The molecule has 1 aliphatic carbocycles. The van der Waals surface area contributed by atoms with Gasteiger partial charge in [0.05, 0.1) is 5.02 Å². The zero-order valence-electron chi connectivity index (χ0n) is 18.7. The lowest BCUT2D eigenvalue weighted by atomic mass is 9.95. The van der Waals surface area contributed by atoms with E-state index in [2.05, 4.69) is 5.32 Å². The van der Waals surface area contributed by atoms with Crippen LogP contribution in [0.25, 0.3) is 0 Å². The Morgan fingerprint density at radius 1 is 1.00 bits per heavy atom. The molecule has 0 spiro atoms. The SMILES string of the molecule is CC[C@@H](C(=O)NC1CCCCC1)N(Cc1c(Cl)cccc1Cl)C(=O)COc1ccccc1Cl. The zero-order chi connectivity index (χ0) is 23.8. The number of ether oxygens (including phenoxy) is 1. The Kier molecular flexibility index (Phi) is 9.72. The summed E-state index contributed by atoms with van der Waals surface area (Å²) >= 11 is 18.9. The molecular formula is C25H29Cl3N2O3. The van der Waals surface area contributed by atoms with Crippen LogP contribution in [0, 0.1) is 0 Å². The maximum absolute atomic E-state index is 13.3. The molecular weight excluding hydrogens is 483 g/mol. The maximum atomic E-state index is 13.3. The molecule has 0 unspecified atom stereocenters. The quantitative estimate of drug-likeness (QED) is 0.431. The molecule has 0 saturated heterocycles. The molecule has 1 saturated carbocycles. The fourth-order valence-corrected chi connectivity index (χ4v) is 4.81. The van der Waals surface area contributed by atoms with E-state index >= 15 is 0 Å². The summed E-state index contributed by atoms with van der Waals surface area (Å²) in [4.78, 5) is 28.1. The third-order valence-electron chi connectivity index (χ3n) is 5.92. The van der Waals surface area contributed by atoms with E-state index in [4.69, 9.17) is 39.5 Å². The van der Waals surface area contributed by atoms with Gasteiger partial charge in [0.2, 0.25) is 5.91 Å². The topological polar surface area (TPSA) is 58.6 Å². The van der Waals surface area contributed by atoms with Crippen LogP contribution in [-0.2, 0) is 16.1 Å². The van der Waals surface area contributed by atoms with E-state index in [0.29, 0.717) is 32.8 Å². The number of para-hydroxylation sites is 1. The highest BCUT2D eigenvalue weighted by atomic mass is 35.5. The number of halogens is 3. The molecule has 1 aliphatic rings. The van der Waals surface area contributed by atoms with E-state index in [1.807, 2.05) is 6.92 Å². The Morgan fingerprint density at radius 3 is 2.27 bits per heavy atom. The van der Waals surface area contributed by atoms with E-state index in [-0.39, 0.29) is 31.0 Å². The van der Waals surface area contributed by atoms with Crippen molar-refractivity contribution < 1.29 is 14.3 Å². The first-order valence-corrected chi connectivity index (χ1v) is 12.4. The van der Waals surface area contributed by atoms with Gasteiger partial charge >= 0.3 is 0 Å². The Hall–Kier alpha value is -1.95. The fourth-order valence-electron chi connectivity index (χ4n) is 4.10. The molecule has 1 N–H and O–H groups in total. The highest BCUT2D eigenvalue weighted by Gasteiger charge is 2.31. The molecule has 0 heterocycles. The minimum atomic E-state index is -0.679. The standard InChI is InChI=1S/C25H29Cl3N2O3/c1-2-22(25(32)29-17-9-4-3-5-10-17)30(15-18-19(26)12-8-13-20(18)27)24(31)16-33-23-14-7-6-11-21(23)28/h6-8,11-14,17,22H,2-5,9-10,15-16H2,1H3,(H,29,32)/t22-/m0/s1. The van der Waals surface area contributed by atoms with Gasteiger partial charge in [-0.1, -0.05) is 79.2 Å². The fraction of sp³-hybridized carbons (Fsp3) is 0.440. The molecule has 0 aliphatic heterocycles. The minimum absolute atomic E-state index is 0.0970. The lowest BCUT2D eigenvalue weighted by Crippen LogP contribution is -2.52. The number of carbonyl (C=O) groups excluding carboxylic acids is 2. The van der Waals surface area contributed by atoms with Crippen LogP contribution in [0.4, 0.5) is 0 Å². The Labute approximate surface area is 210 Å². The molecule has 1 fully saturated rings. The molecule has 0 aromatic heterocycles. The van der Waals surface area contributed by atoms with Crippen LogP contribution in [0.3, 0.4) is 0 Å². The van der Waals surface area contributed by atoms with Gasteiger partial charge in [-0.2, -0.15) is 0 Å². The van der Waals surface area contributed by atoms with Gasteiger partial charge in [0, 0.05) is 28.2 Å². The monoisotopic (exact) mass is 510 g/mol. The van der Waals surface area contributed by atoms with Crippen LogP contribution >= 0.6 is 34.8 Å². The van der Waals surface area contributed by atoms with Gasteiger partial charge in [-0.3, -0.25) is 9.59 Å². The summed E-state index contributed by atoms with van der Waals surface area (Å²) in [6, 6.07) is 11.6. The van der Waals surface area contributed by atoms with Crippen molar-refractivity contribution in [1.82, 2.24) is 10.2 Å². The van der Waals surface area contributed by atoms with Crippen molar-refractivity contribution >= 4 is 46.6 Å². The van der Waals surface area contributed by atoms with Crippen LogP contribution in [0.1, 0.15) is 51.0 Å². The van der Waals surface area contributed by atoms with E-state index in [0.717, 1.165) is 25.7 Å². The number of nitrogens with zero attached hydrogens (tertiary/aromatic N) is 1. The maximum Gasteiger partial charge on any atom is 0.261 e. The first kappa shape index (κ1) is 25.7. The molecule has 2 aromatic carbocycles. The van der Waals surface area contributed by atoms with Crippen molar-refractivity contribution in [3.63, 3.8) is 0 Å². The van der Waals surface area contributed by atoms with Gasteiger partial charge < -0.3 is 15.0 Å². The van der Waals surface area contributed by atoms with Crippen molar-refractivity contribution in [3.8, 4) is 5.75 Å².